The Labute approximate surface area is 85.1 Å². The molecule has 2 heterocycles. The third-order valence-electron chi connectivity index (χ3n) is 1.77. The zero-order valence-electron chi connectivity index (χ0n) is 7.19. The molecule has 0 aliphatic rings. The summed E-state index contributed by atoms with van der Waals surface area (Å²) in [6.45, 7) is 0. The summed E-state index contributed by atoms with van der Waals surface area (Å²) in [5.74, 6) is 0.378. The molecule has 2 aromatic rings. The van der Waals surface area contributed by atoms with Crippen LogP contribution in [0.5, 0.6) is 0 Å². The molecular weight excluding hydrogens is 205 g/mol. The van der Waals surface area contributed by atoms with Gasteiger partial charge in [0.25, 0.3) is 0 Å². The summed E-state index contributed by atoms with van der Waals surface area (Å²) in [5, 5.41) is 4.00. The van der Waals surface area contributed by atoms with E-state index < -0.39 is 5.82 Å². The first-order chi connectivity index (χ1) is 6.81. The highest BCUT2D eigenvalue weighted by Crippen LogP contribution is 2.14. The smallest absolute Gasteiger partial charge is 0.157 e. The van der Waals surface area contributed by atoms with Crippen molar-refractivity contribution in [2.45, 2.75) is 5.88 Å². The predicted octanol–water partition coefficient (Wildman–Crippen LogP) is 2.15. The number of rotatable bonds is 2. The molecule has 0 radical (unpaired) electrons. The third kappa shape index (κ3) is 1.61. The fourth-order valence-electron chi connectivity index (χ4n) is 1.17. The van der Waals surface area contributed by atoms with Gasteiger partial charge in [0.15, 0.2) is 5.82 Å². The van der Waals surface area contributed by atoms with Crippen molar-refractivity contribution < 1.29 is 4.39 Å². The molecule has 2 rings (SSSR count). The summed E-state index contributed by atoms with van der Waals surface area (Å²) in [5.41, 5.74) is 0.621. The minimum absolute atomic E-state index is 0.208. The van der Waals surface area contributed by atoms with Crippen LogP contribution in [0, 0.1) is 5.82 Å². The highest BCUT2D eigenvalue weighted by atomic mass is 35.5. The molecule has 72 valence electrons. The van der Waals surface area contributed by atoms with E-state index in [0.29, 0.717) is 11.4 Å². The van der Waals surface area contributed by atoms with E-state index in [1.807, 2.05) is 0 Å². The van der Waals surface area contributed by atoms with Crippen LogP contribution in [0.4, 0.5) is 4.39 Å². The van der Waals surface area contributed by atoms with Crippen molar-refractivity contribution in [2.24, 2.45) is 0 Å². The van der Waals surface area contributed by atoms with Crippen molar-refractivity contribution >= 4 is 11.6 Å². The van der Waals surface area contributed by atoms with Gasteiger partial charge in [0, 0.05) is 18.0 Å². The molecule has 0 N–H and O–H groups in total. The number of hydrogen-bond donors (Lipinski definition) is 0. The second kappa shape index (κ2) is 3.75. The third-order valence-corrected chi connectivity index (χ3v) is 2.06. The molecule has 0 fully saturated rings. The minimum atomic E-state index is -0.392. The zero-order chi connectivity index (χ0) is 9.97. The van der Waals surface area contributed by atoms with Crippen molar-refractivity contribution in [3.05, 3.63) is 42.1 Å². The Kier molecular flexibility index (Phi) is 2.45. The van der Waals surface area contributed by atoms with Crippen LogP contribution >= 0.6 is 11.6 Å². The van der Waals surface area contributed by atoms with Gasteiger partial charge in [-0.2, -0.15) is 5.10 Å². The standard InChI is InChI=1S/C9H7ClFN3/c10-5-7-4-8(11)6-12-9(7)14-3-1-2-13-14/h1-4,6H,5H2. The van der Waals surface area contributed by atoms with Crippen LogP contribution in [0.2, 0.25) is 0 Å². The second-order valence-electron chi connectivity index (χ2n) is 2.72. The Bertz CT molecular complexity index is 428. The van der Waals surface area contributed by atoms with Gasteiger partial charge in [-0.25, -0.2) is 14.1 Å². The van der Waals surface area contributed by atoms with E-state index in [1.54, 1.807) is 23.1 Å². The quantitative estimate of drug-likeness (QED) is 0.713. The van der Waals surface area contributed by atoms with Crippen LogP contribution in [-0.4, -0.2) is 14.8 Å². The van der Waals surface area contributed by atoms with Crippen LogP contribution in [0.1, 0.15) is 5.56 Å². The fraction of sp³-hybridized carbons (Fsp3) is 0.111. The average Bonchev–Trinajstić information content (AvgIpc) is 2.70. The molecule has 0 bridgehead atoms. The Balaban J connectivity index is 2.53. The Morgan fingerprint density at radius 1 is 1.50 bits per heavy atom. The van der Waals surface area contributed by atoms with Gasteiger partial charge in [-0.05, 0) is 12.1 Å². The molecule has 0 unspecified atom stereocenters. The molecule has 0 amide bonds. The topological polar surface area (TPSA) is 30.7 Å². The average molecular weight is 212 g/mol. The molecule has 3 nitrogen and oxygen atoms in total. The minimum Gasteiger partial charge on any atom is -0.234 e. The van der Waals surface area contributed by atoms with Crippen molar-refractivity contribution in [3.63, 3.8) is 0 Å². The summed E-state index contributed by atoms with van der Waals surface area (Å²) in [7, 11) is 0. The van der Waals surface area contributed by atoms with Crippen LogP contribution in [-0.2, 0) is 5.88 Å². The highest BCUT2D eigenvalue weighted by molar-refractivity contribution is 6.17. The maximum Gasteiger partial charge on any atom is 0.157 e. The second-order valence-corrected chi connectivity index (χ2v) is 2.99. The van der Waals surface area contributed by atoms with Gasteiger partial charge >= 0.3 is 0 Å². The summed E-state index contributed by atoms with van der Waals surface area (Å²) in [4.78, 5) is 3.93. The van der Waals surface area contributed by atoms with E-state index in [4.69, 9.17) is 11.6 Å². The molecule has 0 aliphatic heterocycles. The molecular formula is C9H7ClFN3. The molecule has 0 aliphatic carbocycles. The summed E-state index contributed by atoms with van der Waals surface area (Å²) in [6.07, 6.45) is 4.51. The van der Waals surface area contributed by atoms with Gasteiger partial charge in [0.1, 0.15) is 5.82 Å². The summed E-state index contributed by atoms with van der Waals surface area (Å²) < 4.78 is 14.4. The number of pyridine rings is 1. The van der Waals surface area contributed by atoms with E-state index in [9.17, 15) is 4.39 Å². The number of nitrogens with zero attached hydrogens (tertiary/aromatic N) is 3. The lowest BCUT2D eigenvalue weighted by molar-refractivity contribution is 0.617. The monoisotopic (exact) mass is 211 g/mol. The van der Waals surface area contributed by atoms with Crippen molar-refractivity contribution in [1.82, 2.24) is 14.8 Å². The van der Waals surface area contributed by atoms with Gasteiger partial charge in [0.2, 0.25) is 0 Å². The summed E-state index contributed by atoms with van der Waals surface area (Å²) in [6, 6.07) is 3.13. The Morgan fingerprint density at radius 3 is 3.00 bits per heavy atom. The van der Waals surface area contributed by atoms with Gasteiger partial charge in [0.05, 0.1) is 12.1 Å². The molecule has 2 aromatic heterocycles. The number of halogens is 2. The SMILES string of the molecule is Fc1cnc(-n2cccn2)c(CCl)c1. The van der Waals surface area contributed by atoms with E-state index in [2.05, 4.69) is 10.1 Å². The van der Waals surface area contributed by atoms with Gasteiger partial charge in [-0.1, -0.05) is 0 Å². The lowest BCUT2D eigenvalue weighted by atomic mass is 10.3. The first-order valence-corrected chi connectivity index (χ1v) is 4.55. The lowest BCUT2D eigenvalue weighted by Crippen LogP contribution is -2.02. The molecule has 0 saturated carbocycles. The molecule has 5 heteroatoms. The first-order valence-electron chi connectivity index (χ1n) is 4.01. The molecule has 0 saturated heterocycles. The first kappa shape index (κ1) is 9.15. The normalized spacial score (nSPS) is 10.4. The summed E-state index contributed by atoms with van der Waals surface area (Å²) >= 11 is 5.67. The van der Waals surface area contributed by atoms with E-state index >= 15 is 0 Å². The van der Waals surface area contributed by atoms with Crippen LogP contribution in [0.3, 0.4) is 0 Å². The van der Waals surface area contributed by atoms with Crippen LogP contribution in [0.25, 0.3) is 5.82 Å². The number of hydrogen-bond acceptors (Lipinski definition) is 2. The van der Waals surface area contributed by atoms with E-state index in [1.165, 1.54) is 6.07 Å². The Hall–Kier alpha value is -1.42. The van der Waals surface area contributed by atoms with Gasteiger partial charge < -0.3 is 0 Å². The van der Waals surface area contributed by atoms with Gasteiger partial charge in [-0.3, -0.25) is 0 Å². The maximum atomic E-state index is 12.8. The van der Waals surface area contributed by atoms with E-state index in [0.717, 1.165) is 6.20 Å². The zero-order valence-corrected chi connectivity index (χ0v) is 7.95. The highest BCUT2D eigenvalue weighted by Gasteiger charge is 2.06. The van der Waals surface area contributed by atoms with E-state index in [-0.39, 0.29) is 5.88 Å². The van der Waals surface area contributed by atoms with Gasteiger partial charge in [-0.15, -0.1) is 11.6 Å². The maximum absolute atomic E-state index is 12.8. The molecule has 0 atom stereocenters. The molecule has 0 spiro atoms. The Morgan fingerprint density at radius 2 is 2.36 bits per heavy atom. The van der Waals surface area contributed by atoms with Crippen molar-refractivity contribution in [3.8, 4) is 5.82 Å². The number of aromatic nitrogens is 3. The van der Waals surface area contributed by atoms with Crippen molar-refractivity contribution in [2.75, 3.05) is 0 Å². The molecule has 14 heavy (non-hydrogen) atoms. The molecule has 0 aromatic carbocycles. The number of alkyl halides is 1. The van der Waals surface area contributed by atoms with Crippen molar-refractivity contribution in [1.29, 1.82) is 0 Å². The predicted molar refractivity (Wildman–Crippen MR) is 50.9 cm³/mol. The van der Waals surface area contributed by atoms with Crippen LogP contribution < -0.4 is 0 Å². The fourth-order valence-corrected chi connectivity index (χ4v) is 1.37. The van der Waals surface area contributed by atoms with Crippen LogP contribution in [0.15, 0.2) is 30.7 Å². The largest absolute Gasteiger partial charge is 0.234 e. The lowest BCUT2D eigenvalue weighted by Gasteiger charge is -2.05.